The lowest BCUT2D eigenvalue weighted by molar-refractivity contribution is 0.0977. The van der Waals surface area contributed by atoms with Gasteiger partial charge in [0.15, 0.2) is 11.2 Å². The number of aromatic nitrogens is 1. The van der Waals surface area contributed by atoms with Crippen molar-refractivity contribution >= 4 is 59.2 Å². The van der Waals surface area contributed by atoms with E-state index in [-0.39, 0.29) is 11.2 Å². The lowest BCUT2D eigenvalue weighted by atomic mass is 9.94. The zero-order chi connectivity index (χ0) is 15.5. The molecule has 0 saturated heterocycles. The fourth-order valence-electron chi connectivity index (χ4n) is 3.54. The third-order valence-electron chi connectivity index (χ3n) is 4.72. The maximum Gasteiger partial charge on any atom is 0.200 e. The van der Waals surface area contributed by atoms with E-state index in [1.54, 1.807) is 0 Å². The number of H-pyrrole nitrogens is 1. The molecule has 0 aromatic carbocycles. The van der Waals surface area contributed by atoms with Crippen molar-refractivity contribution in [3.05, 3.63) is 31.9 Å². The molecular formula is C16H15Br2NO2S. The second-order valence-electron chi connectivity index (χ2n) is 6.12. The van der Waals surface area contributed by atoms with Gasteiger partial charge in [-0.1, -0.05) is 38.3 Å². The smallest absolute Gasteiger partial charge is 0.200 e. The zero-order valence-corrected chi connectivity index (χ0v) is 15.9. The molecule has 116 valence electrons. The van der Waals surface area contributed by atoms with Crippen molar-refractivity contribution in [2.75, 3.05) is 0 Å². The molecule has 22 heavy (non-hydrogen) atoms. The third-order valence-corrected chi connectivity index (χ3v) is 7.38. The highest BCUT2D eigenvalue weighted by Gasteiger charge is 2.40. The van der Waals surface area contributed by atoms with Crippen LogP contribution in [0.3, 0.4) is 0 Å². The molecule has 2 aromatic rings. The summed E-state index contributed by atoms with van der Waals surface area (Å²) in [6.45, 7) is 0. The maximum atomic E-state index is 13.0. The molecule has 0 spiro atoms. The van der Waals surface area contributed by atoms with Gasteiger partial charge in [-0.2, -0.15) is 0 Å². The highest BCUT2D eigenvalue weighted by Crippen LogP contribution is 2.44. The first-order valence-electron chi connectivity index (χ1n) is 7.61. The van der Waals surface area contributed by atoms with Crippen LogP contribution in [0.4, 0.5) is 0 Å². The van der Waals surface area contributed by atoms with Crippen LogP contribution in [0.2, 0.25) is 0 Å². The topological polar surface area (TPSA) is 49.9 Å². The Bertz CT molecular complexity index is 850. The predicted octanol–water partition coefficient (Wildman–Crippen LogP) is 4.47. The SMILES string of the molecule is O=C1c2sc3[nH]c4c(c(=O)c3c2CCC1(Br)Br)CCCCC4. The summed E-state index contributed by atoms with van der Waals surface area (Å²) < 4.78 is -0.673. The molecule has 2 aromatic heterocycles. The minimum atomic E-state index is -0.673. The number of halogens is 2. The van der Waals surface area contributed by atoms with Gasteiger partial charge in [-0.15, -0.1) is 11.3 Å². The molecule has 0 amide bonds. The number of Topliss-reactive ketones (excluding diaryl/α,β-unsaturated/α-hetero) is 1. The molecule has 4 rings (SSSR count). The minimum Gasteiger partial charge on any atom is -0.350 e. The van der Waals surface area contributed by atoms with Crippen LogP contribution < -0.4 is 5.43 Å². The Balaban J connectivity index is 2.00. The fourth-order valence-corrected chi connectivity index (χ4v) is 5.88. The number of nitrogens with one attached hydrogen (secondary N) is 1. The van der Waals surface area contributed by atoms with E-state index >= 15 is 0 Å². The van der Waals surface area contributed by atoms with E-state index in [1.807, 2.05) is 0 Å². The molecular weight excluding hydrogens is 430 g/mol. The van der Waals surface area contributed by atoms with E-state index in [0.717, 1.165) is 64.0 Å². The number of thiophene rings is 1. The highest BCUT2D eigenvalue weighted by atomic mass is 79.9. The number of aromatic amines is 1. The van der Waals surface area contributed by atoms with E-state index in [0.29, 0.717) is 6.42 Å². The molecule has 0 radical (unpaired) electrons. The summed E-state index contributed by atoms with van der Waals surface area (Å²) in [6, 6.07) is 0. The van der Waals surface area contributed by atoms with E-state index in [1.165, 1.54) is 17.8 Å². The van der Waals surface area contributed by atoms with Gasteiger partial charge in [0.25, 0.3) is 0 Å². The lowest BCUT2D eigenvalue weighted by Crippen LogP contribution is -2.30. The number of alkyl halides is 2. The average Bonchev–Trinajstić information content (AvgIpc) is 2.67. The summed E-state index contributed by atoms with van der Waals surface area (Å²) in [5.41, 5.74) is 3.15. The number of rotatable bonds is 0. The number of carbonyl (C=O) groups excluding carboxylic acids is 1. The van der Waals surface area contributed by atoms with Crippen LogP contribution in [0, 0.1) is 0 Å². The van der Waals surface area contributed by atoms with Gasteiger partial charge in [-0.05, 0) is 44.1 Å². The Morgan fingerprint density at radius 1 is 1.00 bits per heavy atom. The first kappa shape index (κ1) is 15.1. The van der Waals surface area contributed by atoms with Gasteiger partial charge < -0.3 is 4.98 Å². The van der Waals surface area contributed by atoms with Crippen molar-refractivity contribution in [3.63, 3.8) is 0 Å². The molecule has 3 nitrogen and oxygen atoms in total. The largest absolute Gasteiger partial charge is 0.350 e. The van der Waals surface area contributed by atoms with Crippen LogP contribution in [0.25, 0.3) is 10.2 Å². The fraction of sp³-hybridized carbons (Fsp3) is 0.500. The Labute approximate surface area is 148 Å². The number of ketones is 1. The monoisotopic (exact) mass is 443 g/mol. The lowest BCUT2D eigenvalue weighted by Gasteiger charge is -2.23. The van der Waals surface area contributed by atoms with Crippen molar-refractivity contribution in [3.8, 4) is 0 Å². The summed E-state index contributed by atoms with van der Waals surface area (Å²) >= 11 is 8.37. The van der Waals surface area contributed by atoms with Crippen molar-refractivity contribution < 1.29 is 4.79 Å². The molecule has 6 heteroatoms. The predicted molar refractivity (Wildman–Crippen MR) is 96.9 cm³/mol. The molecule has 1 N–H and O–H groups in total. The molecule has 0 fully saturated rings. The number of aryl methyl sites for hydroxylation is 2. The van der Waals surface area contributed by atoms with Gasteiger partial charge >= 0.3 is 0 Å². The van der Waals surface area contributed by atoms with Crippen molar-refractivity contribution in [2.24, 2.45) is 0 Å². The standard InChI is InChI=1S/C16H15Br2NO2S/c17-16(18)7-6-9-11-12(20)8-4-2-1-3-5-10(8)19-15(11)22-13(9)14(16)21/h1-7H2,(H,19,20). The Kier molecular flexibility index (Phi) is 3.62. The van der Waals surface area contributed by atoms with Gasteiger partial charge in [-0.25, -0.2) is 0 Å². The molecule has 0 saturated carbocycles. The van der Waals surface area contributed by atoms with Gasteiger partial charge in [0, 0.05) is 11.3 Å². The number of carbonyl (C=O) groups is 1. The van der Waals surface area contributed by atoms with Crippen molar-refractivity contribution in [1.82, 2.24) is 4.98 Å². The van der Waals surface area contributed by atoms with Crippen LogP contribution in [0.1, 0.15) is 52.2 Å². The third kappa shape index (κ3) is 2.18. The highest BCUT2D eigenvalue weighted by molar-refractivity contribution is 9.26. The van der Waals surface area contributed by atoms with Crippen LogP contribution in [-0.2, 0) is 19.3 Å². The molecule has 0 aliphatic heterocycles. The quantitative estimate of drug-likeness (QED) is 0.481. The number of pyridine rings is 1. The molecule has 2 heterocycles. The van der Waals surface area contributed by atoms with Gasteiger partial charge in [0.2, 0.25) is 0 Å². The molecule has 2 aliphatic carbocycles. The zero-order valence-electron chi connectivity index (χ0n) is 11.9. The Hall–Kier alpha value is -0.460. The molecule has 0 atom stereocenters. The number of hydrogen-bond donors (Lipinski definition) is 1. The van der Waals surface area contributed by atoms with E-state index in [4.69, 9.17) is 0 Å². The van der Waals surface area contributed by atoms with E-state index in [9.17, 15) is 9.59 Å². The van der Waals surface area contributed by atoms with Crippen molar-refractivity contribution in [1.29, 1.82) is 0 Å². The van der Waals surface area contributed by atoms with Gasteiger partial charge in [0.1, 0.15) is 8.06 Å². The summed E-state index contributed by atoms with van der Waals surface area (Å²) in [6.07, 6.45) is 6.61. The van der Waals surface area contributed by atoms with E-state index in [2.05, 4.69) is 36.8 Å². The minimum absolute atomic E-state index is 0.0398. The summed E-state index contributed by atoms with van der Waals surface area (Å²) in [7, 11) is 0. The Morgan fingerprint density at radius 3 is 2.59 bits per heavy atom. The second-order valence-corrected chi connectivity index (χ2v) is 10.9. The van der Waals surface area contributed by atoms with Crippen LogP contribution in [0.15, 0.2) is 4.79 Å². The van der Waals surface area contributed by atoms with Crippen LogP contribution >= 0.6 is 43.2 Å². The van der Waals surface area contributed by atoms with Crippen molar-refractivity contribution in [2.45, 2.75) is 48.2 Å². The molecule has 0 bridgehead atoms. The first-order valence-corrected chi connectivity index (χ1v) is 10.0. The Morgan fingerprint density at radius 2 is 1.77 bits per heavy atom. The first-order chi connectivity index (χ1) is 10.5. The van der Waals surface area contributed by atoms with Crippen LogP contribution in [0.5, 0.6) is 0 Å². The average molecular weight is 445 g/mol. The van der Waals surface area contributed by atoms with Gasteiger partial charge in [0.05, 0.1) is 10.3 Å². The number of fused-ring (bicyclic) bond motifs is 4. The second kappa shape index (κ2) is 5.28. The number of hydrogen-bond acceptors (Lipinski definition) is 3. The molecule has 2 aliphatic rings. The summed E-state index contributed by atoms with van der Waals surface area (Å²) in [5.74, 6) is 0.0398. The normalized spacial score (nSPS) is 20.5. The molecule has 0 unspecified atom stereocenters. The van der Waals surface area contributed by atoms with E-state index < -0.39 is 3.23 Å². The summed E-state index contributed by atoms with van der Waals surface area (Å²) in [4.78, 5) is 30.6. The van der Waals surface area contributed by atoms with Gasteiger partial charge in [-0.3, -0.25) is 9.59 Å². The van der Waals surface area contributed by atoms with Crippen LogP contribution in [-0.4, -0.2) is 14.0 Å². The summed E-state index contributed by atoms with van der Waals surface area (Å²) in [5, 5.41) is 0.768. The maximum absolute atomic E-state index is 13.0.